The molecule has 0 fully saturated rings. The van der Waals surface area contributed by atoms with Gasteiger partial charge >= 0.3 is 0 Å². The van der Waals surface area contributed by atoms with Gasteiger partial charge < -0.3 is 8.83 Å². The van der Waals surface area contributed by atoms with E-state index in [1.54, 1.807) is 36.4 Å². The first-order chi connectivity index (χ1) is 24.1. The maximum atomic E-state index is 12.0. The highest BCUT2D eigenvalue weighted by molar-refractivity contribution is 7.91. The van der Waals surface area contributed by atoms with E-state index >= 15 is 0 Å². The Morgan fingerprint density at radius 1 is 0.380 bits per heavy atom. The number of hydrogen-bond donors (Lipinski definition) is 0. The summed E-state index contributed by atoms with van der Waals surface area (Å²) in [6, 6.07) is 49.5. The molecule has 0 spiro atoms. The molecule has 0 aliphatic rings. The van der Waals surface area contributed by atoms with Crippen LogP contribution in [0.1, 0.15) is 0 Å². The van der Waals surface area contributed by atoms with E-state index < -0.39 is 19.7 Å². The average molecular weight is 697 g/mol. The summed E-state index contributed by atoms with van der Waals surface area (Å²) in [4.78, 5) is 0.579. The highest BCUT2D eigenvalue weighted by Gasteiger charge is 2.21. The first-order valence-corrected chi connectivity index (χ1v) is 19.6. The third kappa shape index (κ3) is 6.63. The van der Waals surface area contributed by atoms with Gasteiger partial charge in [-0.05, 0) is 47.5 Å². The fourth-order valence-electron chi connectivity index (χ4n) is 5.98. The summed E-state index contributed by atoms with van der Waals surface area (Å²) in [6.07, 6.45) is 2.43. The molecule has 248 valence electrons. The average Bonchev–Trinajstić information content (AvgIpc) is 3.71. The second kappa shape index (κ2) is 13.3. The number of benzene rings is 6. The number of fused-ring (bicyclic) bond motifs is 2. The Labute approximate surface area is 291 Å². The van der Waals surface area contributed by atoms with Crippen molar-refractivity contribution in [1.29, 1.82) is 0 Å². The predicted octanol–water partition coefficient (Wildman–Crippen LogP) is 10.3. The second-order valence-electron chi connectivity index (χ2n) is 11.9. The van der Waals surface area contributed by atoms with Gasteiger partial charge in [-0.3, -0.25) is 0 Å². The molecule has 50 heavy (non-hydrogen) atoms. The van der Waals surface area contributed by atoms with Gasteiger partial charge in [-0.2, -0.15) is 0 Å². The predicted molar refractivity (Wildman–Crippen MR) is 200 cm³/mol. The molecule has 0 saturated heterocycles. The van der Waals surface area contributed by atoms with Crippen LogP contribution >= 0.6 is 0 Å². The van der Waals surface area contributed by atoms with Crippen LogP contribution in [0.5, 0.6) is 0 Å². The Balaban J connectivity index is 0.000000157. The third-order valence-corrected chi connectivity index (χ3v) is 10.6. The van der Waals surface area contributed by atoms with Crippen molar-refractivity contribution in [3.63, 3.8) is 0 Å². The molecule has 8 aromatic rings. The fraction of sp³-hybridized carbons (Fsp3) is 0.0476. The second-order valence-corrected chi connectivity index (χ2v) is 16.0. The molecule has 0 aliphatic carbocycles. The van der Waals surface area contributed by atoms with E-state index in [0.717, 1.165) is 55.7 Å². The first kappa shape index (κ1) is 32.8. The molecule has 0 atom stereocenters. The number of rotatable bonds is 6. The minimum absolute atomic E-state index is 0.289. The van der Waals surface area contributed by atoms with Crippen LogP contribution in [0.4, 0.5) is 0 Å². The molecule has 8 rings (SSSR count). The van der Waals surface area contributed by atoms with Gasteiger partial charge in [0, 0.05) is 45.5 Å². The summed E-state index contributed by atoms with van der Waals surface area (Å²) in [5, 5.41) is 1.60. The van der Waals surface area contributed by atoms with Gasteiger partial charge in [-0.25, -0.2) is 16.8 Å². The summed E-state index contributed by atoms with van der Waals surface area (Å²) < 4.78 is 60.1. The van der Waals surface area contributed by atoms with Crippen LogP contribution in [0.3, 0.4) is 0 Å². The molecule has 2 heterocycles. The van der Waals surface area contributed by atoms with E-state index in [1.807, 2.05) is 121 Å². The summed E-state index contributed by atoms with van der Waals surface area (Å²) >= 11 is 0. The van der Waals surface area contributed by atoms with Gasteiger partial charge in [0.2, 0.25) is 0 Å². The number of furan rings is 2. The summed E-state index contributed by atoms with van der Waals surface area (Å²) in [5.41, 5.74) is 7.06. The van der Waals surface area contributed by atoms with Crippen LogP contribution in [-0.2, 0) is 19.7 Å². The van der Waals surface area contributed by atoms with Crippen molar-refractivity contribution in [3.8, 4) is 44.9 Å². The highest BCUT2D eigenvalue weighted by atomic mass is 32.2. The molecule has 6 nitrogen and oxygen atoms in total. The number of sulfone groups is 2. The van der Waals surface area contributed by atoms with Crippen LogP contribution in [0, 0.1) is 0 Å². The Kier molecular flexibility index (Phi) is 8.74. The van der Waals surface area contributed by atoms with E-state index in [1.165, 1.54) is 12.5 Å². The smallest absolute Gasteiger partial charge is 0.175 e. The molecule has 0 radical (unpaired) electrons. The van der Waals surface area contributed by atoms with Gasteiger partial charge in [-0.1, -0.05) is 121 Å². The standard InChI is InChI=1S/2C21H16O3S/c2*1-25(22,23)17-12-13-19-18(14-17)20(15-8-4-2-5-9-15)21(24-19)16-10-6-3-7-11-16/h2*2-14H,1H3. The van der Waals surface area contributed by atoms with Crippen molar-refractivity contribution in [1.82, 2.24) is 0 Å². The summed E-state index contributed by atoms with van der Waals surface area (Å²) in [6.45, 7) is 0. The molecule has 6 aromatic carbocycles. The lowest BCUT2D eigenvalue weighted by Crippen LogP contribution is -1.96. The van der Waals surface area contributed by atoms with Crippen LogP contribution in [0.25, 0.3) is 66.8 Å². The van der Waals surface area contributed by atoms with E-state index in [-0.39, 0.29) is 9.79 Å². The molecule has 0 N–H and O–H groups in total. The van der Waals surface area contributed by atoms with Crippen molar-refractivity contribution >= 4 is 41.6 Å². The number of hydrogen-bond acceptors (Lipinski definition) is 6. The Morgan fingerprint density at radius 2 is 0.680 bits per heavy atom. The minimum Gasteiger partial charge on any atom is -0.455 e. The largest absolute Gasteiger partial charge is 0.455 e. The van der Waals surface area contributed by atoms with E-state index in [0.29, 0.717) is 11.2 Å². The van der Waals surface area contributed by atoms with Gasteiger partial charge in [0.05, 0.1) is 9.79 Å². The van der Waals surface area contributed by atoms with Gasteiger partial charge in [0.25, 0.3) is 0 Å². The Hall–Kier alpha value is -5.70. The topological polar surface area (TPSA) is 94.6 Å². The van der Waals surface area contributed by atoms with Crippen LogP contribution < -0.4 is 0 Å². The van der Waals surface area contributed by atoms with Crippen molar-refractivity contribution in [3.05, 3.63) is 158 Å². The normalized spacial score (nSPS) is 11.7. The van der Waals surface area contributed by atoms with Crippen LogP contribution in [-0.4, -0.2) is 29.3 Å². The lowest BCUT2D eigenvalue weighted by Gasteiger charge is -2.04. The molecule has 0 unspecified atom stereocenters. The molecule has 0 saturated carbocycles. The summed E-state index contributed by atoms with van der Waals surface area (Å²) in [5.74, 6) is 1.49. The zero-order valence-electron chi connectivity index (χ0n) is 27.3. The molecule has 0 bridgehead atoms. The minimum atomic E-state index is -3.29. The monoisotopic (exact) mass is 696 g/mol. The summed E-state index contributed by atoms with van der Waals surface area (Å²) in [7, 11) is -6.58. The molecule has 2 aromatic heterocycles. The lowest BCUT2D eigenvalue weighted by molar-refractivity contribution is 0.600. The Morgan fingerprint density at radius 3 is 0.980 bits per heavy atom. The van der Waals surface area contributed by atoms with Crippen molar-refractivity contribution in [2.24, 2.45) is 0 Å². The van der Waals surface area contributed by atoms with E-state index in [4.69, 9.17) is 8.83 Å². The molecule has 0 aliphatic heterocycles. The van der Waals surface area contributed by atoms with E-state index in [2.05, 4.69) is 0 Å². The molecule has 8 heteroatoms. The van der Waals surface area contributed by atoms with Gasteiger partial charge in [0.15, 0.2) is 19.7 Å². The fourth-order valence-corrected chi connectivity index (χ4v) is 7.28. The molecule has 0 amide bonds. The molecular weight excluding hydrogens is 665 g/mol. The highest BCUT2D eigenvalue weighted by Crippen LogP contribution is 2.43. The van der Waals surface area contributed by atoms with E-state index in [9.17, 15) is 16.8 Å². The first-order valence-electron chi connectivity index (χ1n) is 15.8. The SMILES string of the molecule is CS(=O)(=O)c1ccc2oc(-c3ccccc3)c(-c3ccccc3)c2c1.CS(=O)(=O)c1ccc2oc(-c3ccccc3)c(-c3ccccc3)c2c1. The quantitative estimate of drug-likeness (QED) is 0.172. The maximum absolute atomic E-state index is 12.0. The zero-order chi connectivity index (χ0) is 34.9. The van der Waals surface area contributed by atoms with Gasteiger partial charge in [0.1, 0.15) is 22.7 Å². The zero-order valence-corrected chi connectivity index (χ0v) is 28.9. The van der Waals surface area contributed by atoms with Crippen molar-refractivity contribution in [2.45, 2.75) is 9.79 Å². The maximum Gasteiger partial charge on any atom is 0.175 e. The lowest BCUT2D eigenvalue weighted by atomic mass is 9.99. The van der Waals surface area contributed by atoms with Crippen LogP contribution in [0.15, 0.2) is 176 Å². The van der Waals surface area contributed by atoms with Crippen molar-refractivity contribution < 1.29 is 25.7 Å². The third-order valence-electron chi connectivity index (χ3n) is 8.37. The molecular formula is C42H32O6S2. The van der Waals surface area contributed by atoms with Crippen LogP contribution in [0.2, 0.25) is 0 Å². The Bertz CT molecular complexity index is 2470. The van der Waals surface area contributed by atoms with Gasteiger partial charge in [-0.15, -0.1) is 0 Å². The van der Waals surface area contributed by atoms with Crippen molar-refractivity contribution in [2.75, 3.05) is 12.5 Å².